The predicted molar refractivity (Wildman–Crippen MR) is 74.4 cm³/mol. The highest BCUT2D eigenvalue weighted by atomic mass is 16.4. The molecule has 0 spiro atoms. The maximum atomic E-state index is 11.0. The Bertz CT molecular complexity index is 388. The highest BCUT2D eigenvalue weighted by Crippen LogP contribution is 2.11. The van der Waals surface area contributed by atoms with Crippen molar-refractivity contribution in [1.29, 1.82) is 0 Å². The third-order valence-corrected chi connectivity index (χ3v) is 3.25. The van der Waals surface area contributed by atoms with E-state index in [2.05, 4.69) is 17.2 Å². The van der Waals surface area contributed by atoms with E-state index in [0.29, 0.717) is 0 Å². The van der Waals surface area contributed by atoms with Crippen LogP contribution in [0.25, 0.3) is 0 Å². The van der Waals surface area contributed by atoms with Gasteiger partial charge in [0.2, 0.25) is 0 Å². The van der Waals surface area contributed by atoms with Crippen LogP contribution in [0.1, 0.15) is 75.0 Å². The van der Waals surface area contributed by atoms with Gasteiger partial charge >= 0.3 is 5.97 Å². The smallest absolute Gasteiger partial charge is 0.358 e. The number of carboxylic acid groups (broad SMARTS) is 1. The van der Waals surface area contributed by atoms with E-state index in [4.69, 9.17) is 5.11 Å². The summed E-state index contributed by atoms with van der Waals surface area (Å²) in [5, 5.41) is 16.8. The molecule has 1 aromatic rings. The van der Waals surface area contributed by atoms with Crippen LogP contribution in [0.15, 0.2) is 0 Å². The average Bonchev–Trinajstić information content (AvgIpc) is 2.77. The first kappa shape index (κ1) is 15.7. The van der Waals surface area contributed by atoms with Crippen molar-refractivity contribution >= 4 is 5.97 Å². The topological polar surface area (TPSA) is 68.0 Å². The summed E-state index contributed by atoms with van der Waals surface area (Å²) in [6.07, 6.45) is 8.94. The van der Waals surface area contributed by atoms with Crippen molar-refractivity contribution in [3.05, 3.63) is 11.4 Å². The molecule has 108 valence electrons. The van der Waals surface area contributed by atoms with E-state index in [1.165, 1.54) is 32.1 Å². The normalized spacial score (nSPS) is 10.8. The molecule has 0 saturated carbocycles. The molecule has 0 amide bonds. The highest BCUT2D eigenvalue weighted by molar-refractivity contribution is 5.86. The molecule has 1 rings (SSSR count). The third-order valence-electron chi connectivity index (χ3n) is 3.25. The zero-order valence-corrected chi connectivity index (χ0v) is 12.1. The van der Waals surface area contributed by atoms with Gasteiger partial charge in [-0.2, -0.15) is 0 Å². The molecule has 0 atom stereocenters. The van der Waals surface area contributed by atoms with Gasteiger partial charge in [-0.3, -0.25) is 0 Å². The van der Waals surface area contributed by atoms with Gasteiger partial charge in [-0.05, 0) is 12.8 Å². The molecular formula is C14H25N3O2. The zero-order valence-electron chi connectivity index (χ0n) is 12.1. The molecule has 0 radical (unpaired) electrons. The molecule has 0 fully saturated rings. The second kappa shape index (κ2) is 8.67. The van der Waals surface area contributed by atoms with Gasteiger partial charge in [0.05, 0.1) is 5.69 Å². The fourth-order valence-electron chi connectivity index (χ4n) is 2.20. The lowest BCUT2D eigenvalue weighted by molar-refractivity contribution is 0.0689. The lowest BCUT2D eigenvalue weighted by Gasteiger charge is -2.06. The largest absolute Gasteiger partial charge is 0.476 e. The van der Waals surface area contributed by atoms with E-state index in [1.807, 2.05) is 6.92 Å². The number of carbonyl (C=O) groups is 1. The average molecular weight is 267 g/mol. The van der Waals surface area contributed by atoms with Crippen LogP contribution in [0.5, 0.6) is 0 Å². The SMILES string of the molecule is CCCCCCCCn1nnc(C(=O)O)c1CCC. The Morgan fingerprint density at radius 1 is 1.11 bits per heavy atom. The maximum Gasteiger partial charge on any atom is 0.358 e. The van der Waals surface area contributed by atoms with E-state index in [9.17, 15) is 4.79 Å². The molecule has 0 saturated heterocycles. The van der Waals surface area contributed by atoms with Crippen molar-refractivity contribution in [1.82, 2.24) is 15.0 Å². The molecular weight excluding hydrogens is 242 g/mol. The molecule has 0 aliphatic carbocycles. The molecule has 19 heavy (non-hydrogen) atoms. The number of rotatable bonds is 10. The third kappa shape index (κ3) is 5.01. The minimum atomic E-state index is -0.974. The Kier molecular flexibility index (Phi) is 7.15. The van der Waals surface area contributed by atoms with Crippen molar-refractivity contribution in [3.63, 3.8) is 0 Å². The van der Waals surface area contributed by atoms with Crippen molar-refractivity contribution in [3.8, 4) is 0 Å². The summed E-state index contributed by atoms with van der Waals surface area (Å²) in [4.78, 5) is 11.0. The van der Waals surface area contributed by atoms with E-state index >= 15 is 0 Å². The Balaban J connectivity index is 2.46. The summed E-state index contributed by atoms with van der Waals surface area (Å²) in [5.41, 5.74) is 0.886. The number of aryl methyl sites for hydroxylation is 1. The molecule has 1 aromatic heterocycles. The number of aromatic carboxylic acids is 1. The molecule has 1 N–H and O–H groups in total. The van der Waals surface area contributed by atoms with Gasteiger partial charge in [-0.15, -0.1) is 5.10 Å². The summed E-state index contributed by atoms with van der Waals surface area (Å²) in [5.74, 6) is -0.974. The second-order valence-corrected chi connectivity index (χ2v) is 4.93. The van der Waals surface area contributed by atoms with E-state index in [1.54, 1.807) is 4.68 Å². The van der Waals surface area contributed by atoms with Gasteiger partial charge in [-0.1, -0.05) is 57.6 Å². The first-order chi connectivity index (χ1) is 9.20. The standard InChI is InChI=1S/C14H25N3O2/c1-3-5-6-7-8-9-11-17-12(10-4-2)13(14(18)19)15-16-17/h3-11H2,1-2H3,(H,18,19). The van der Waals surface area contributed by atoms with Crippen LogP contribution in [-0.4, -0.2) is 26.1 Å². The van der Waals surface area contributed by atoms with Crippen LogP contribution in [0, 0.1) is 0 Å². The Morgan fingerprint density at radius 3 is 2.42 bits per heavy atom. The minimum absolute atomic E-state index is 0.118. The summed E-state index contributed by atoms with van der Waals surface area (Å²) in [6.45, 7) is 5.02. The van der Waals surface area contributed by atoms with Gasteiger partial charge in [0, 0.05) is 6.54 Å². The number of aromatic nitrogens is 3. The van der Waals surface area contributed by atoms with E-state index in [-0.39, 0.29) is 5.69 Å². The van der Waals surface area contributed by atoms with Crippen molar-refractivity contribution < 1.29 is 9.90 Å². The Hall–Kier alpha value is -1.39. The molecule has 0 unspecified atom stereocenters. The highest BCUT2D eigenvalue weighted by Gasteiger charge is 2.17. The second-order valence-electron chi connectivity index (χ2n) is 4.93. The molecule has 0 aliphatic rings. The fourth-order valence-corrected chi connectivity index (χ4v) is 2.20. The van der Waals surface area contributed by atoms with Gasteiger partial charge in [0.25, 0.3) is 0 Å². The molecule has 5 nitrogen and oxygen atoms in total. The lowest BCUT2D eigenvalue weighted by atomic mass is 10.1. The molecule has 1 heterocycles. The van der Waals surface area contributed by atoms with Crippen LogP contribution >= 0.6 is 0 Å². The van der Waals surface area contributed by atoms with Crippen molar-refractivity contribution in [2.75, 3.05) is 0 Å². The van der Waals surface area contributed by atoms with Crippen molar-refractivity contribution in [2.24, 2.45) is 0 Å². The quantitative estimate of drug-likeness (QED) is 0.660. The van der Waals surface area contributed by atoms with Crippen LogP contribution in [-0.2, 0) is 13.0 Å². The van der Waals surface area contributed by atoms with Crippen LogP contribution in [0.4, 0.5) is 0 Å². The molecule has 5 heteroatoms. The van der Waals surface area contributed by atoms with Gasteiger partial charge < -0.3 is 5.11 Å². The van der Waals surface area contributed by atoms with Crippen LogP contribution < -0.4 is 0 Å². The van der Waals surface area contributed by atoms with Crippen LogP contribution in [0.2, 0.25) is 0 Å². The number of hydrogen-bond acceptors (Lipinski definition) is 3. The van der Waals surface area contributed by atoms with E-state index in [0.717, 1.165) is 31.5 Å². The number of nitrogens with zero attached hydrogens (tertiary/aromatic N) is 3. The Labute approximate surface area is 115 Å². The first-order valence-electron chi connectivity index (χ1n) is 7.36. The number of hydrogen-bond donors (Lipinski definition) is 1. The van der Waals surface area contributed by atoms with Gasteiger partial charge in [-0.25, -0.2) is 9.48 Å². The summed E-state index contributed by atoms with van der Waals surface area (Å²) < 4.78 is 1.77. The minimum Gasteiger partial charge on any atom is -0.476 e. The van der Waals surface area contributed by atoms with Gasteiger partial charge in [0.1, 0.15) is 0 Å². The number of carboxylic acids is 1. The van der Waals surface area contributed by atoms with Crippen LogP contribution in [0.3, 0.4) is 0 Å². The predicted octanol–water partition coefficient (Wildman–Crippen LogP) is 3.29. The fraction of sp³-hybridized carbons (Fsp3) is 0.786. The number of unbranched alkanes of at least 4 members (excludes halogenated alkanes) is 5. The van der Waals surface area contributed by atoms with Gasteiger partial charge in [0.15, 0.2) is 5.69 Å². The summed E-state index contributed by atoms with van der Waals surface area (Å²) >= 11 is 0. The molecule has 0 aromatic carbocycles. The molecule has 0 aliphatic heterocycles. The first-order valence-corrected chi connectivity index (χ1v) is 7.36. The Morgan fingerprint density at radius 2 is 1.79 bits per heavy atom. The molecule has 0 bridgehead atoms. The van der Waals surface area contributed by atoms with Crippen molar-refractivity contribution in [2.45, 2.75) is 71.8 Å². The zero-order chi connectivity index (χ0) is 14.1. The summed E-state index contributed by atoms with van der Waals surface area (Å²) in [7, 11) is 0. The lowest BCUT2D eigenvalue weighted by Crippen LogP contribution is -2.08. The maximum absolute atomic E-state index is 11.0. The van der Waals surface area contributed by atoms with E-state index < -0.39 is 5.97 Å². The monoisotopic (exact) mass is 267 g/mol. The summed E-state index contributed by atoms with van der Waals surface area (Å²) in [6, 6.07) is 0.